The van der Waals surface area contributed by atoms with E-state index in [2.05, 4.69) is 5.32 Å². The molecule has 1 aromatic carbocycles. The first-order chi connectivity index (χ1) is 14.9. The Hall–Kier alpha value is -2.41. The van der Waals surface area contributed by atoms with E-state index in [9.17, 15) is 14.4 Å². The summed E-state index contributed by atoms with van der Waals surface area (Å²) in [4.78, 5) is 41.2. The van der Waals surface area contributed by atoms with Crippen molar-refractivity contribution in [3.63, 3.8) is 0 Å². The van der Waals surface area contributed by atoms with Crippen molar-refractivity contribution in [2.24, 2.45) is 5.92 Å². The summed E-state index contributed by atoms with van der Waals surface area (Å²) in [5.41, 5.74) is 1.59. The second kappa shape index (κ2) is 10.8. The predicted molar refractivity (Wildman–Crippen MR) is 118 cm³/mol. The molecule has 2 fully saturated rings. The van der Waals surface area contributed by atoms with E-state index in [1.54, 1.807) is 0 Å². The summed E-state index contributed by atoms with van der Waals surface area (Å²) in [7, 11) is 0. The molecule has 2 aliphatic heterocycles. The average Bonchev–Trinajstić information content (AvgIpc) is 2.77. The highest BCUT2D eigenvalue weighted by Crippen LogP contribution is 2.18. The van der Waals surface area contributed by atoms with Crippen LogP contribution in [-0.2, 0) is 20.9 Å². The first-order valence-corrected chi connectivity index (χ1v) is 11.5. The maximum Gasteiger partial charge on any atom is 0.254 e. The lowest BCUT2D eigenvalue weighted by molar-refractivity contribution is -0.135. The van der Waals surface area contributed by atoms with Crippen molar-refractivity contribution >= 4 is 17.7 Å². The maximum absolute atomic E-state index is 12.8. The molecule has 0 spiro atoms. The standard InChI is InChI=1S/C24H35N3O4/c1-4-6-22(28)26-12-5-7-21(16-26)23(29)25-13-19-8-10-20(11-9-19)24(30)27-14-17(2)31-18(3)15-27/h8-11,17-18,21H,4-7,12-16H2,1-3H3,(H,25,29). The highest BCUT2D eigenvalue weighted by Gasteiger charge is 2.28. The van der Waals surface area contributed by atoms with Gasteiger partial charge in [0.1, 0.15) is 0 Å². The molecule has 3 unspecified atom stereocenters. The number of likely N-dealkylation sites (tertiary alicyclic amines) is 1. The molecule has 2 aliphatic rings. The zero-order valence-electron chi connectivity index (χ0n) is 18.9. The Balaban J connectivity index is 1.50. The molecule has 0 bridgehead atoms. The van der Waals surface area contributed by atoms with Crippen LogP contribution in [0, 0.1) is 5.92 Å². The topological polar surface area (TPSA) is 79.0 Å². The highest BCUT2D eigenvalue weighted by molar-refractivity contribution is 5.94. The number of nitrogens with zero attached hydrogens (tertiary/aromatic N) is 2. The molecule has 3 atom stereocenters. The molecular weight excluding hydrogens is 394 g/mol. The van der Waals surface area contributed by atoms with Crippen LogP contribution < -0.4 is 5.32 Å². The van der Waals surface area contributed by atoms with Gasteiger partial charge in [-0.2, -0.15) is 0 Å². The lowest BCUT2D eigenvalue weighted by Gasteiger charge is -2.35. The second-order valence-corrected chi connectivity index (χ2v) is 8.81. The number of benzene rings is 1. The fourth-order valence-corrected chi connectivity index (χ4v) is 4.41. The van der Waals surface area contributed by atoms with Crippen molar-refractivity contribution in [2.75, 3.05) is 26.2 Å². The summed E-state index contributed by atoms with van der Waals surface area (Å²) in [6.07, 6.45) is 3.12. The Morgan fingerprint density at radius 2 is 1.71 bits per heavy atom. The van der Waals surface area contributed by atoms with Crippen LogP contribution in [0.25, 0.3) is 0 Å². The van der Waals surface area contributed by atoms with Crippen molar-refractivity contribution in [3.8, 4) is 0 Å². The van der Waals surface area contributed by atoms with Crippen LogP contribution in [-0.4, -0.2) is 65.9 Å². The van der Waals surface area contributed by atoms with E-state index in [-0.39, 0.29) is 35.8 Å². The van der Waals surface area contributed by atoms with Crippen molar-refractivity contribution in [1.82, 2.24) is 15.1 Å². The number of nitrogens with one attached hydrogen (secondary N) is 1. The summed E-state index contributed by atoms with van der Waals surface area (Å²) in [6.45, 7) is 8.82. The molecule has 3 amide bonds. The number of carbonyl (C=O) groups excluding carboxylic acids is 3. The Bertz CT molecular complexity index is 770. The van der Waals surface area contributed by atoms with Crippen LogP contribution in [0.5, 0.6) is 0 Å². The van der Waals surface area contributed by atoms with Gasteiger partial charge in [-0.15, -0.1) is 0 Å². The molecule has 31 heavy (non-hydrogen) atoms. The molecule has 3 rings (SSSR count). The van der Waals surface area contributed by atoms with Crippen LogP contribution in [0.3, 0.4) is 0 Å². The third kappa shape index (κ3) is 6.29. The van der Waals surface area contributed by atoms with Crippen molar-refractivity contribution in [3.05, 3.63) is 35.4 Å². The molecule has 2 saturated heterocycles. The first-order valence-electron chi connectivity index (χ1n) is 11.5. The molecule has 0 aliphatic carbocycles. The van der Waals surface area contributed by atoms with Crippen LogP contribution >= 0.6 is 0 Å². The summed E-state index contributed by atoms with van der Waals surface area (Å²) in [5.74, 6) is -0.00732. The zero-order chi connectivity index (χ0) is 22.4. The largest absolute Gasteiger partial charge is 0.372 e. The quantitative estimate of drug-likeness (QED) is 0.754. The lowest BCUT2D eigenvalue weighted by atomic mass is 9.96. The summed E-state index contributed by atoms with van der Waals surface area (Å²) >= 11 is 0. The van der Waals surface area contributed by atoms with Crippen LogP contribution in [0.2, 0.25) is 0 Å². The number of amides is 3. The van der Waals surface area contributed by atoms with Gasteiger partial charge in [-0.05, 0) is 50.8 Å². The molecule has 7 heteroatoms. The van der Waals surface area contributed by atoms with E-state index >= 15 is 0 Å². The fraction of sp³-hybridized carbons (Fsp3) is 0.625. The Kier molecular flexibility index (Phi) is 8.07. The van der Waals surface area contributed by atoms with E-state index < -0.39 is 0 Å². The number of ether oxygens (including phenoxy) is 1. The van der Waals surface area contributed by atoms with Crippen molar-refractivity contribution in [1.29, 1.82) is 0 Å². The van der Waals surface area contributed by atoms with Crippen LogP contribution in [0.15, 0.2) is 24.3 Å². The van der Waals surface area contributed by atoms with Gasteiger partial charge in [-0.1, -0.05) is 19.1 Å². The molecule has 170 valence electrons. The van der Waals surface area contributed by atoms with Gasteiger partial charge >= 0.3 is 0 Å². The maximum atomic E-state index is 12.8. The van der Waals surface area contributed by atoms with E-state index in [0.29, 0.717) is 38.2 Å². The Labute approximate surface area is 185 Å². The summed E-state index contributed by atoms with van der Waals surface area (Å²) in [6, 6.07) is 7.41. The molecular formula is C24H35N3O4. The minimum Gasteiger partial charge on any atom is -0.372 e. The first kappa shape index (κ1) is 23.3. The van der Waals surface area contributed by atoms with Crippen LogP contribution in [0.4, 0.5) is 0 Å². The summed E-state index contributed by atoms with van der Waals surface area (Å²) in [5, 5.41) is 3.00. The number of morpholine rings is 1. The Morgan fingerprint density at radius 1 is 1.03 bits per heavy atom. The second-order valence-electron chi connectivity index (χ2n) is 8.81. The molecule has 0 aromatic heterocycles. The SMILES string of the molecule is CCCC(=O)N1CCCC(C(=O)NCc2ccc(C(=O)N3CC(C)OC(C)C3)cc2)C1. The van der Waals surface area contributed by atoms with Gasteiger partial charge in [-0.25, -0.2) is 0 Å². The number of hydrogen-bond donors (Lipinski definition) is 1. The third-order valence-corrected chi connectivity index (χ3v) is 5.98. The van der Waals surface area contributed by atoms with Gasteiger partial charge in [0.2, 0.25) is 11.8 Å². The summed E-state index contributed by atoms with van der Waals surface area (Å²) < 4.78 is 5.70. The van der Waals surface area contributed by atoms with E-state index in [4.69, 9.17) is 4.74 Å². The lowest BCUT2D eigenvalue weighted by Crippen LogP contribution is -2.48. The highest BCUT2D eigenvalue weighted by atomic mass is 16.5. The van der Waals surface area contributed by atoms with Crippen molar-refractivity contribution < 1.29 is 19.1 Å². The molecule has 1 N–H and O–H groups in total. The Morgan fingerprint density at radius 3 is 2.35 bits per heavy atom. The van der Waals surface area contributed by atoms with Gasteiger partial charge < -0.3 is 19.9 Å². The van der Waals surface area contributed by atoms with Gasteiger partial charge in [0, 0.05) is 44.7 Å². The minimum atomic E-state index is -0.152. The number of carbonyl (C=O) groups is 3. The fourth-order valence-electron chi connectivity index (χ4n) is 4.41. The average molecular weight is 430 g/mol. The van der Waals surface area contributed by atoms with Crippen LogP contribution in [0.1, 0.15) is 62.4 Å². The minimum absolute atomic E-state index is 0.00885. The third-order valence-electron chi connectivity index (χ3n) is 5.98. The van der Waals surface area contributed by atoms with E-state index in [0.717, 1.165) is 31.4 Å². The normalized spacial score (nSPS) is 24.0. The van der Waals surface area contributed by atoms with Gasteiger partial charge in [0.25, 0.3) is 5.91 Å². The molecule has 0 saturated carbocycles. The van der Waals surface area contributed by atoms with E-state index in [1.807, 2.05) is 54.8 Å². The predicted octanol–water partition coefficient (Wildman–Crippen LogP) is 2.59. The van der Waals surface area contributed by atoms with E-state index in [1.165, 1.54) is 0 Å². The number of piperidine rings is 1. The number of hydrogen-bond acceptors (Lipinski definition) is 4. The molecule has 2 heterocycles. The zero-order valence-corrected chi connectivity index (χ0v) is 18.9. The number of rotatable bonds is 6. The van der Waals surface area contributed by atoms with Gasteiger partial charge in [-0.3, -0.25) is 14.4 Å². The smallest absolute Gasteiger partial charge is 0.254 e. The molecule has 1 aromatic rings. The molecule has 7 nitrogen and oxygen atoms in total. The van der Waals surface area contributed by atoms with Crippen molar-refractivity contribution in [2.45, 2.75) is 65.2 Å². The van der Waals surface area contributed by atoms with Gasteiger partial charge in [0.05, 0.1) is 18.1 Å². The van der Waals surface area contributed by atoms with Gasteiger partial charge in [0.15, 0.2) is 0 Å². The molecule has 0 radical (unpaired) electrons. The monoisotopic (exact) mass is 429 g/mol.